The van der Waals surface area contributed by atoms with Crippen LogP contribution in [0.15, 0.2) is 36.4 Å². The molecule has 0 aromatic heterocycles. The summed E-state index contributed by atoms with van der Waals surface area (Å²) in [6, 6.07) is 9.34. The van der Waals surface area contributed by atoms with E-state index < -0.39 is 28.5 Å². The summed E-state index contributed by atoms with van der Waals surface area (Å²) in [4.78, 5) is 27.6. The Balaban J connectivity index is 2.44. The molecule has 1 atom stereocenters. The Morgan fingerprint density at radius 1 is 1.09 bits per heavy atom. The van der Waals surface area contributed by atoms with Crippen LogP contribution in [-0.4, -0.2) is 50.5 Å². The highest BCUT2D eigenvalue weighted by Crippen LogP contribution is 2.26. The fourth-order valence-electron chi connectivity index (χ4n) is 3.49. The molecule has 2 amide bonds. The van der Waals surface area contributed by atoms with E-state index in [1.54, 1.807) is 44.2 Å². The second kappa shape index (κ2) is 11.9. The molecule has 186 valence electrons. The van der Waals surface area contributed by atoms with Crippen molar-refractivity contribution < 1.29 is 18.0 Å². The first-order valence-electron chi connectivity index (χ1n) is 10.9. The van der Waals surface area contributed by atoms with Gasteiger partial charge in [-0.25, -0.2) is 8.42 Å². The van der Waals surface area contributed by atoms with Crippen LogP contribution in [0.1, 0.15) is 37.0 Å². The summed E-state index contributed by atoms with van der Waals surface area (Å²) in [7, 11) is -3.79. The first-order chi connectivity index (χ1) is 15.8. The molecule has 0 saturated heterocycles. The predicted molar refractivity (Wildman–Crippen MR) is 138 cm³/mol. The maximum Gasteiger partial charge on any atom is 0.244 e. The van der Waals surface area contributed by atoms with Gasteiger partial charge in [-0.1, -0.05) is 53.9 Å². The van der Waals surface area contributed by atoms with Gasteiger partial charge in [0.2, 0.25) is 21.8 Å². The Morgan fingerprint density at radius 3 is 2.32 bits per heavy atom. The fraction of sp³-hybridized carbons (Fsp3) is 0.417. The van der Waals surface area contributed by atoms with Crippen LogP contribution in [-0.2, 0) is 26.2 Å². The molecular weight excluding hydrogens is 497 g/mol. The molecule has 2 aromatic rings. The molecule has 0 unspecified atom stereocenters. The van der Waals surface area contributed by atoms with Gasteiger partial charge in [0, 0.05) is 23.1 Å². The molecule has 0 radical (unpaired) electrons. The van der Waals surface area contributed by atoms with E-state index in [0.29, 0.717) is 27.8 Å². The Hall–Kier alpha value is -2.29. The van der Waals surface area contributed by atoms with E-state index in [1.165, 1.54) is 4.90 Å². The topological polar surface area (TPSA) is 86.8 Å². The summed E-state index contributed by atoms with van der Waals surface area (Å²) < 4.78 is 26.4. The van der Waals surface area contributed by atoms with Gasteiger partial charge in [-0.2, -0.15) is 0 Å². The number of benzene rings is 2. The van der Waals surface area contributed by atoms with Crippen molar-refractivity contribution in [3.8, 4) is 0 Å². The number of carbonyl (C=O) groups is 2. The standard InChI is InChI=1S/C24H31Cl2N3O4S/c1-6-11-27-24(31)18(4)28(14-19-8-9-20(25)13-21(19)26)23(30)15-29(34(5,32)33)22-10-7-16(2)12-17(22)3/h7-10,12-13,18H,6,11,14-15H2,1-5H3,(H,27,31)/t18-/m1/s1. The SMILES string of the molecule is CCCNC(=O)[C@@H](C)N(Cc1ccc(Cl)cc1Cl)C(=O)CN(c1ccc(C)cc1C)S(C)(=O)=O. The third kappa shape index (κ3) is 7.35. The van der Waals surface area contributed by atoms with E-state index in [0.717, 1.165) is 28.1 Å². The molecule has 2 rings (SSSR count). The molecule has 0 fully saturated rings. The third-order valence-corrected chi connectivity index (χ3v) is 7.09. The number of hydrogen-bond acceptors (Lipinski definition) is 4. The summed E-state index contributed by atoms with van der Waals surface area (Å²) in [5.74, 6) is -0.867. The van der Waals surface area contributed by atoms with E-state index in [4.69, 9.17) is 23.2 Å². The van der Waals surface area contributed by atoms with E-state index in [-0.39, 0.29) is 12.5 Å². The second-order valence-electron chi connectivity index (χ2n) is 8.28. The van der Waals surface area contributed by atoms with Gasteiger partial charge in [-0.15, -0.1) is 0 Å². The maximum atomic E-state index is 13.5. The fourth-order valence-corrected chi connectivity index (χ4v) is 4.87. The summed E-state index contributed by atoms with van der Waals surface area (Å²) in [5.41, 5.74) is 2.70. The molecule has 0 aliphatic carbocycles. The zero-order valence-electron chi connectivity index (χ0n) is 20.1. The van der Waals surface area contributed by atoms with Gasteiger partial charge in [0.15, 0.2) is 0 Å². The zero-order valence-corrected chi connectivity index (χ0v) is 22.4. The molecular formula is C24H31Cl2N3O4S. The van der Waals surface area contributed by atoms with Gasteiger partial charge in [0.1, 0.15) is 12.6 Å². The van der Waals surface area contributed by atoms with Gasteiger partial charge in [-0.05, 0) is 56.5 Å². The third-order valence-electron chi connectivity index (χ3n) is 5.37. The molecule has 0 saturated carbocycles. The lowest BCUT2D eigenvalue weighted by molar-refractivity contribution is -0.139. The largest absolute Gasteiger partial charge is 0.354 e. The minimum atomic E-state index is -3.79. The van der Waals surface area contributed by atoms with E-state index in [2.05, 4.69) is 5.32 Å². The van der Waals surface area contributed by atoms with Crippen LogP contribution in [0, 0.1) is 13.8 Å². The van der Waals surface area contributed by atoms with E-state index in [1.807, 2.05) is 19.9 Å². The Kier molecular flexibility index (Phi) is 9.79. The zero-order chi connectivity index (χ0) is 25.6. The highest BCUT2D eigenvalue weighted by Gasteiger charge is 2.30. The number of nitrogens with one attached hydrogen (secondary N) is 1. The number of sulfonamides is 1. The number of aryl methyl sites for hydroxylation is 2. The summed E-state index contributed by atoms with van der Waals surface area (Å²) in [5, 5.41) is 3.58. The lowest BCUT2D eigenvalue weighted by atomic mass is 10.1. The Bertz CT molecular complexity index is 1150. The lowest BCUT2D eigenvalue weighted by Crippen LogP contribution is -2.51. The first-order valence-corrected chi connectivity index (χ1v) is 13.5. The van der Waals surface area contributed by atoms with Crippen LogP contribution in [0.2, 0.25) is 10.0 Å². The Morgan fingerprint density at radius 2 is 1.76 bits per heavy atom. The van der Waals surface area contributed by atoms with Crippen molar-refractivity contribution in [1.82, 2.24) is 10.2 Å². The van der Waals surface area contributed by atoms with Crippen molar-refractivity contribution >= 4 is 50.7 Å². The first kappa shape index (κ1) is 28.0. The van der Waals surface area contributed by atoms with Crippen LogP contribution in [0.25, 0.3) is 0 Å². The highest BCUT2D eigenvalue weighted by molar-refractivity contribution is 7.92. The molecule has 0 heterocycles. The van der Waals surface area contributed by atoms with Crippen molar-refractivity contribution in [2.75, 3.05) is 23.7 Å². The molecule has 10 heteroatoms. The maximum absolute atomic E-state index is 13.5. The molecule has 1 N–H and O–H groups in total. The second-order valence-corrected chi connectivity index (χ2v) is 11.0. The van der Waals surface area contributed by atoms with E-state index in [9.17, 15) is 18.0 Å². The van der Waals surface area contributed by atoms with Crippen LogP contribution in [0.5, 0.6) is 0 Å². The number of hydrogen-bond donors (Lipinski definition) is 1. The number of nitrogens with zero attached hydrogens (tertiary/aromatic N) is 2. The highest BCUT2D eigenvalue weighted by atomic mass is 35.5. The summed E-state index contributed by atoms with van der Waals surface area (Å²) in [6.45, 7) is 7.24. The van der Waals surface area contributed by atoms with Crippen LogP contribution in [0.4, 0.5) is 5.69 Å². The quantitative estimate of drug-likeness (QED) is 0.498. The monoisotopic (exact) mass is 527 g/mol. The van der Waals surface area contributed by atoms with Crippen molar-refractivity contribution in [1.29, 1.82) is 0 Å². The Labute approximate surface area is 212 Å². The summed E-state index contributed by atoms with van der Waals surface area (Å²) in [6.07, 6.45) is 1.79. The number of anilines is 1. The predicted octanol–water partition coefficient (Wildman–Crippen LogP) is 4.32. The summed E-state index contributed by atoms with van der Waals surface area (Å²) >= 11 is 12.3. The van der Waals surface area contributed by atoms with Gasteiger partial charge in [0.25, 0.3) is 0 Å². The van der Waals surface area contributed by atoms with Crippen molar-refractivity contribution in [3.05, 3.63) is 63.1 Å². The van der Waals surface area contributed by atoms with Crippen LogP contribution >= 0.6 is 23.2 Å². The van der Waals surface area contributed by atoms with Crippen molar-refractivity contribution in [3.63, 3.8) is 0 Å². The lowest BCUT2D eigenvalue weighted by Gasteiger charge is -2.32. The van der Waals surface area contributed by atoms with E-state index >= 15 is 0 Å². The van der Waals surface area contributed by atoms with Gasteiger partial charge in [-0.3, -0.25) is 13.9 Å². The number of halogens is 2. The van der Waals surface area contributed by atoms with Crippen LogP contribution < -0.4 is 9.62 Å². The number of rotatable bonds is 10. The molecule has 0 aliphatic rings. The average Bonchev–Trinajstić information content (AvgIpc) is 2.74. The normalized spacial score (nSPS) is 12.2. The van der Waals surface area contributed by atoms with Crippen molar-refractivity contribution in [2.45, 2.75) is 46.7 Å². The van der Waals surface area contributed by atoms with Gasteiger partial charge < -0.3 is 10.2 Å². The average molecular weight is 529 g/mol. The smallest absolute Gasteiger partial charge is 0.244 e. The molecule has 0 spiro atoms. The van der Waals surface area contributed by atoms with Crippen molar-refractivity contribution in [2.24, 2.45) is 0 Å². The van der Waals surface area contributed by atoms with Gasteiger partial charge >= 0.3 is 0 Å². The molecule has 34 heavy (non-hydrogen) atoms. The minimum Gasteiger partial charge on any atom is -0.354 e. The molecule has 0 aliphatic heterocycles. The minimum absolute atomic E-state index is 0.0139. The van der Waals surface area contributed by atoms with Crippen LogP contribution in [0.3, 0.4) is 0 Å². The number of amides is 2. The van der Waals surface area contributed by atoms with Gasteiger partial charge in [0.05, 0.1) is 11.9 Å². The molecule has 2 aromatic carbocycles. The number of carbonyl (C=O) groups excluding carboxylic acids is 2. The molecule has 0 bridgehead atoms. The molecule has 7 nitrogen and oxygen atoms in total.